The first-order chi connectivity index (χ1) is 8.34. The summed E-state index contributed by atoms with van der Waals surface area (Å²) in [6, 6.07) is 8.21. The Morgan fingerprint density at radius 1 is 1.41 bits per heavy atom. The molecule has 1 saturated heterocycles. The highest BCUT2D eigenvalue weighted by Crippen LogP contribution is 2.35. The fraction of sp³-hybridized carbons (Fsp3) is 0.308. The molecule has 2 N–H and O–H groups in total. The molecule has 0 amide bonds. The molecule has 4 nitrogen and oxygen atoms in total. The van der Waals surface area contributed by atoms with Gasteiger partial charge in [0, 0.05) is 17.9 Å². The lowest BCUT2D eigenvalue weighted by molar-refractivity contribution is 0.449. The van der Waals surface area contributed by atoms with Gasteiger partial charge in [0.2, 0.25) is 5.89 Å². The summed E-state index contributed by atoms with van der Waals surface area (Å²) in [5, 5.41) is 0. The van der Waals surface area contributed by atoms with E-state index in [4.69, 9.17) is 10.2 Å². The Kier molecular flexibility index (Phi) is 2.48. The van der Waals surface area contributed by atoms with E-state index in [9.17, 15) is 0 Å². The van der Waals surface area contributed by atoms with Crippen LogP contribution < -0.4 is 10.6 Å². The average molecular weight is 229 g/mol. The predicted molar refractivity (Wildman–Crippen MR) is 66.7 cm³/mol. The number of nitrogen functional groups attached to an aromatic ring is 1. The zero-order valence-electron chi connectivity index (χ0n) is 9.54. The minimum Gasteiger partial charge on any atom is -0.447 e. The maximum Gasteiger partial charge on any atom is 0.216 e. The topological polar surface area (TPSA) is 55.3 Å². The lowest BCUT2D eigenvalue weighted by Crippen LogP contribution is -2.22. The Labute approximate surface area is 100 Å². The van der Waals surface area contributed by atoms with Gasteiger partial charge in [-0.1, -0.05) is 6.07 Å². The number of hydrogen-bond donors (Lipinski definition) is 1. The largest absolute Gasteiger partial charge is 0.447 e. The number of nitrogens with zero attached hydrogens (tertiary/aromatic N) is 2. The smallest absolute Gasteiger partial charge is 0.216 e. The van der Waals surface area contributed by atoms with E-state index in [0.29, 0.717) is 0 Å². The Morgan fingerprint density at radius 3 is 3.12 bits per heavy atom. The Morgan fingerprint density at radius 2 is 2.35 bits per heavy atom. The first-order valence-corrected chi connectivity index (χ1v) is 5.86. The van der Waals surface area contributed by atoms with E-state index < -0.39 is 0 Å². The molecule has 1 unspecified atom stereocenters. The van der Waals surface area contributed by atoms with Gasteiger partial charge in [0.1, 0.15) is 12.3 Å². The number of nitrogens with two attached hydrogens (primary N) is 1. The molecule has 0 spiro atoms. The van der Waals surface area contributed by atoms with E-state index in [0.717, 1.165) is 36.7 Å². The van der Waals surface area contributed by atoms with Crippen LogP contribution in [0.3, 0.4) is 0 Å². The molecule has 2 heterocycles. The van der Waals surface area contributed by atoms with Crippen molar-refractivity contribution in [2.75, 3.05) is 17.2 Å². The third-order valence-electron chi connectivity index (χ3n) is 3.19. The molecule has 17 heavy (non-hydrogen) atoms. The number of aromatic nitrogens is 1. The third kappa shape index (κ3) is 1.86. The van der Waals surface area contributed by atoms with E-state index in [-0.39, 0.29) is 6.04 Å². The average Bonchev–Trinajstić information content (AvgIpc) is 3.00. The highest BCUT2D eigenvalue weighted by Gasteiger charge is 2.29. The summed E-state index contributed by atoms with van der Waals surface area (Å²) in [7, 11) is 0. The maximum absolute atomic E-state index is 5.82. The second kappa shape index (κ2) is 4.13. The van der Waals surface area contributed by atoms with Crippen LogP contribution in [-0.4, -0.2) is 11.5 Å². The second-order valence-corrected chi connectivity index (χ2v) is 4.32. The second-order valence-electron chi connectivity index (χ2n) is 4.32. The van der Waals surface area contributed by atoms with Gasteiger partial charge in [-0.15, -0.1) is 0 Å². The minimum absolute atomic E-state index is 0.242. The zero-order chi connectivity index (χ0) is 11.7. The standard InChI is InChI=1S/C13H15N3O/c14-10-3-1-4-11(9-10)16-7-2-5-12(16)13-15-6-8-17-13/h1,3-4,6,8-9,12H,2,5,7,14H2. The van der Waals surface area contributed by atoms with Crippen molar-refractivity contribution in [3.63, 3.8) is 0 Å². The van der Waals surface area contributed by atoms with Crippen LogP contribution in [-0.2, 0) is 0 Å². The lowest BCUT2D eigenvalue weighted by atomic mass is 10.2. The van der Waals surface area contributed by atoms with Crippen LogP contribution in [0, 0.1) is 0 Å². The number of hydrogen-bond acceptors (Lipinski definition) is 4. The molecule has 1 aromatic carbocycles. The highest BCUT2D eigenvalue weighted by atomic mass is 16.3. The molecule has 0 aliphatic carbocycles. The van der Waals surface area contributed by atoms with Gasteiger partial charge in [0.25, 0.3) is 0 Å². The SMILES string of the molecule is Nc1cccc(N2CCCC2c2ncco2)c1. The maximum atomic E-state index is 5.82. The van der Waals surface area contributed by atoms with Crippen molar-refractivity contribution >= 4 is 11.4 Å². The molecule has 1 aromatic heterocycles. The van der Waals surface area contributed by atoms with Crippen LogP contribution >= 0.6 is 0 Å². The van der Waals surface area contributed by atoms with Crippen LogP contribution in [0.15, 0.2) is 41.1 Å². The van der Waals surface area contributed by atoms with E-state index in [1.807, 2.05) is 18.2 Å². The number of rotatable bonds is 2. The molecule has 1 aliphatic heterocycles. The van der Waals surface area contributed by atoms with Crippen molar-refractivity contribution in [1.29, 1.82) is 0 Å². The molecule has 1 atom stereocenters. The van der Waals surface area contributed by atoms with E-state index in [2.05, 4.69) is 16.0 Å². The van der Waals surface area contributed by atoms with Gasteiger partial charge in [0.05, 0.1) is 6.20 Å². The fourth-order valence-corrected chi connectivity index (χ4v) is 2.43. The summed E-state index contributed by atoms with van der Waals surface area (Å²) in [4.78, 5) is 6.56. The first-order valence-electron chi connectivity index (χ1n) is 5.86. The van der Waals surface area contributed by atoms with Crippen molar-refractivity contribution < 1.29 is 4.42 Å². The molecular weight excluding hydrogens is 214 g/mol. The van der Waals surface area contributed by atoms with Crippen LogP contribution in [0.2, 0.25) is 0 Å². The van der Waals surface area contributed by atoms with Crippen LogP contribution in [0.1, 0.15) is 24.8 Å². The summed E-state index contributed by atoms with van der Waals surface area (Å²) < 4.78 is 5.42. The van der Waals surface area contributed by atoms with Crippen molar-refractivity contribution in [3.05, 3.63) is 42.6 Å². The van der Waals surface area contributed by atoms with Crippen molar-refractivity contribution in [2.24, 2.45) is 0 Å². The quantitative estimate of drug-likeness (QED) is 0.804. The van der Waals surface area contributed by atoms with Crippen molar-refractivity contribution in [2.45, 2.75) is 18.9 Å². The monoisotopic (exact) mass is 229 g/mol. The zero-order valence-corrected chi connectivity index (χ0v) is 9.54. The van der Waals surface area contributed by atoms with E-state index in [1.165, 1.54) is 0 Å². The summed E-state index contributed by atoms with van der Waals surface area (Å²) in [6.07, 6.45) is 5.56. The molecule has 0 bridgehead atoms. The highest BCUT2D eigenvalue weighted by molar-refractivity contribution is 5.57. The Hall–Kier alpha value is -1.97. The number of anilines is 2. The summed E-state index contributed by atoms with van der Waals surface area (Å²) in [5.41, 5.74) is 7.76. The van der Waals surface area contributed by atoms with Gasteiger partial charge in [-0.3, -0.25) is 0 Å². The van der Waals surface area contributed by atoms with E-state index in [1.54, 1.807) is 12.5 Å². The van der Waals surface area contributed by atoms with Gasteiger partial charge in [-0.25, -0.2) is 4.98 Å². The molecule has 4 heteroatoms. The van der Waals surface area contributed by atoms with Gasteiger partial charge in [0.15, 0.2) is 0 Å². The van der Waals surface area contributed by atoms with E-state index >= 15 is 0 Å². The lowest BCUT2D eigenvalue weighted by Gasteiger charge is -2.24. The fourth-order valence-electron chi connectivity index (χ4n) is 2.43. The normalized spacial score (nSPS) is 19.8. The summed E-state index contributed by atoms with van der Waals surface area (Å²) >= 11 is 0. The number of benzene rings is 1. The van der Waals surface area contributed by atoms with Crippen molar-refractivity contribution in [3.8, 4) is 0 Å². The molecule has 1 fully saturated rings. The van der Waals surface area contributed by atoms with Crippen LogP contribution in [0.25, 0.3) is 0 Å². The Bertz CT molecular complexity index is 495. The molecule has 1 aliphatic rings. The van der Waals surface area contributed by atoms with Crippen molar-refractivity contribution in [1.82, 2.24) is 4.98 Å². The molecule has 88 valence electrons. The van der Waals surface area contributed by atoms with Crippen LogP contribution in [0.5, 0.6) is 0 Å². The molecule has 3 rings (SSSR count). The molecular formula is C13H15N3O. The summed E-state index contributed by atoms with van der Waals surface area (Å²) in [6.45, 7) is 1.02. The van der Waals surface area contributed by atoms with Gasteiger partial charge in [-0.2, -0.15) is 0 Å². The minimum atomic E-state index is 0.242. The molecule has 0 radical (unpaired) electrons. The van der Waals surface area contributed by atoms with Crippen LogP contribution in [0.4, 0.5) is 11.4 Å². The first kappa shape index (κ1) is 10.2. The predicted octanol–water partition coefficient (Wildman–Crippen LogP) is 2.60. The molecule has 2 aromatic rings. The Balaban J connectivity index is 1.92. The molecule has 0 saturated carbocycles. The van der Waals surface area contributed by atoms with Gasteiger partial charge >= 0.3 is 0 Å². The third-order valence-corrected chi connectivity index (χ3v) is 3.19. The number of oxazole rings is 1. The van der Waals surface area contributed by atoms with Gasteiger partial charge in [-0.05, 0) is 31.0 Å². The van der Waals surface area contributed by atoms with Gasteiger partial charge < -0.3 is 15.1 Å². The summed E-state index contributed by atoms with van der Waals surface area (Å²) in [5.74, 6) is 0.796.